The minimum absolute atomic E-state index is 0.102. The van der Waals surface area contributed by atoms with Crippen LogP contribution in [0.4, 0.5) is 0 Å². The molecule has 0 aliphatic rings. The lowest BCUT2D eigenvalue weighted by Gasteiger charge is -2.12. The van der Waals surface area contributed by atoms with Crippen LogP contribution in [-0.4, -0.2) is 40.8 Å². The number of carbonyl (C=O) groups is 1. The summed E-state index contributed by atoms with van der Waals surface area (Å²) in [6, 6.07) is -1.20. The molecule has 0 aliphatic heterocycles. The summed E-state index contributed by atoms with van der Waals surface area (Å²) in [5, 5.41) is 8.76. The van der Waals surface area contributed by atoms with Gasteiger partial charge in [-0.3, -0.25) is 4.79 Å². The number of sulfonamides is 1. The molecule has 0 saturated heterocycles. The van der Waals surface area contributed by atoms with E-state index in [4.69, 9.17) is 5.11 Å². The first-order valence-corrected chi connectivity index (χ1v) is 7.83. The summed E-state index contributed by atoms with van der Waals surface area (Å²) in [5.41, 5.74) is 0. The van der Waals surface area contributed by atoms with Gasteiger partial charge in [0.2, 0.25) is 0 Å². The number of carboxylic acid groups (broad SMARTS) is 1. The number of nitrogens with one attached hydrogen (secondary N) is 1. The third-order valence-corrected chi connectivity index (χ3v) is 4.18. The highest BCUT2D eigenvalue weighted by atomic mass is 32.2. The number of aryl methyl sites for hydroxylation is 2. The molecule has 0 amide bonds. The highest BCUT2D eigenvalue weighted by molar-refractivity contribution is 7.89. The van der Waals surface area contributed by atoms with Gasteiger partial charge >= 0.3 is 5.97 Å². The molecule has 0 aromatic carbocycles. The van der Waals surface area contributed by atoms with E-state index in [1.54, 1.807) is 11.5 Å². The zero-order chi connectivity index (χ0) is 14.6. The van der Waals surface area contributed by atoms with Gasteiger partial charge in [0.05, 0.1) is 0 Å². The Morgan fingerprint density at radius 2 is 2.26 bits per heavy atom. The van der Waals surface area contributed by atoms with Crippen LogP contribution in [0, 0.1) is 6.92 Å². The van der Waals surface area contributed by atoms with E-state index in [1.165, 1.54) is 6.20 Å². The molecular weight excluding hydrogens is 290 g/mol. The summed E-state index contributed by atoms with van der Waals surface area (Å²) in [6.45, 7) is 4.14. The van der Waals surface area contributed by atoms with Crippen LogP contribution in [0.2, 0.25) is 0 Å². The Bertz CT molecular complexity index is 553. The molecule has 1 aromatic rings. The van der Waals surface area contributed by atoms with Crippen LogP contribution in [0.5, 0.6) is 0 Å². The molecule has 1 unspecified atom stereocenters. The maximum Gasteiger partial charge on any atom is 0.321 e. The van der Waals surface area contributed by atoms with Gasteiger partial charge in [-0.1, -0.05) is 0 Å². The van der Waals surface area contributed by atoms with E-state index in [-0.39, 0.29) is 17.2 Å². The van der Waals surface area contributed by atoms with Crippen molar-refractivity contribution in [1.82, 2.24) is 14.3 Å². The fourth-order valence-electron chi connectivity index (χ4n) is 1.54. The van der Waals surface area contributed by atoms with Crippen molar-refractivity contribution in [3.63, 3.8) is 0 Å². The van der Waals surface area contributed by atoms with Crippen molar-refractivity contribution in [3.8, 4) is 0 Å². The van der Waals surface area contributed by atoms with Gasteiger partial charge in [0.25, 0.3) is 10.0 Å². The molecule has 1 rings (SSSR count). The largest absolute Gasteiger partial charge is 0.480 e. The number of rotatable bonds is 7. The Balaban J connectivity index is 2.99. The number of imidazole rings is 1. The third kappa shape index (κ3) is 3.95. The molecule has 1 atom stereocenters. The van der Waals surface area contributed by atoms with Crippen molar-refractivity contribution in [2.24, 2.45) is 0 Å². The van der Waals surface area contributed by atoms with E-state index in [0.29, 0.717) is 12.4 Å². The second kappa shape index (κ2) is 6.40. The minimum Gasteiger partial charge on any atom is -0.480 e. The van der Waals surface area contributed by atoms with Crippen molar-refractivity contribution in [1.29, 1.82) is 0 Å². The Kier molecular flexibility index (Phi) is 5.39. The first kappa shape index (κ1) is 16.0. The number of carboxylic acids is 1. The number of hydrogen-bond acceptors (Lipinski definition) is 5. The van der Waals surface area contributed by atoms with Gasteiger partial charge in [0.15, 0.2) is 5.03 Å². The van der Waals surface area contributed by atoms with Crippen molar-refractivity contribution in [2.45, 2.75) is 37.9 Å². The number of nitrogens with zero attached hydrogens (tertiary/aromatic N) is 2. The van der Waals surface area contributed by atoms with E-state index in [2.05, 4.69) is 22.3 Å². The molecule has 7 nitrogen and oxygen atoms in total. The highest BCUT2D eigenvalue weighted by Gasteiger charge is 2.26. The van der Waals surface area contributed by atoms with Gasteiger partial charge in [-0.15, -0.1) is 0 Å². The van der Waals surface area contributed by atoms with Crippen molar-refractivity contribution in [2.75, 3.05) is 5.75 Å². The molecular formula is C10H17N3O4S2. The third-order valence-electron chi connectivity index (χ3n) is 2.58. The SMILES string of the molecule is CCn1cc(S(=O)(=O)NC(CCS)C(=O)O)nc1C. The van der Waals surface area contributed by atoms with Crippen LogP contribution in [-0.2, 0) is 21.4 Å². The quantitative estimate of drug-likeness (QED) is 0.627. The average molecular weight is 307 g/mol. The second-order valence-electron chi connectivity index (χ2n) is 3.94. The zero-order valence-corrected chi connectivity index (χ0v) is 12.4. The fraction of sp³-hybridized carbons (Fsp3) is 0.600. The summed E-state index contributed by atoms with van der Waals surface area (Å²) < 4.78 is 27.8. The molecule has 2 N–H and O–H groups in total. The van der Waals surface area contributed by atoms with E-state index in [0.717, 1.165) is 0 Å². The summed E-state index contributed by atoms with van der Waals surface area (Å²) >= 11 is 3.91. The Morgan fingerprint density at radius 1 is 1.63 bits per heavy atom. The molecule has 0 fully saturated rings. The Hall–Kier alpha value is -1.06. The van der Waals surface area contributed by atoms with Gasteiger partial charge in [0.1, 0.15) is 11.9 Å². The first-order valence-electron chi connectivity index (χ1n) is 5.71. The maximum absolute atomic E-state index is 12.0. The van der Waals surface area contributed by atoms with Gasteiger partial charge < -0.3 is 9.67 Å². The fourth-order valence-corrected chi connectivity index (χ4v) is 3.03. The predicted molar refractivity (Wildman–Crippen MR) is 72.9 cm³/mol. The molecule has 1 aromatic heterocycles. The standard InChI is InChI=1S/C10H17N3O4S2/c1-3-13-6-9(11-7(13)2)19(16,17)12-8(4-5-18)10(14)15/h6,8,12,18H,3-5H2,1-2H3,(H,14,15). The molecule has 0 saturated carbocycles. The van der Waals surface area contributed by atoms with Gasteiger partial charge in [0, 0.05) is 12.7 Å². The molecule has 9 heteroatoms. The first-order chi connectivity index (χ1) is 8.81. The maximum atomic E-state index is 12.0. The van der Waals surface area contributed by atoms with E-state index >= 15 is 0 Å². The lowest BCUT2D eigenvalue weighted by Crippen LogP contribution is -2.41. The average Bonchev–Trinajstić information content (AvgIpc) is 2.70. The molecule has 0 aliphatic carbocycles. The molecule has 108 valence electrons. The summed E-state index contributed by atoms with van der Waals surface area (Å²) in [6.07, 6.45) is 1.49. The summed E-state index contributed by atoms with van der Waals surface area (Å²) in [5.74, 6) is -0.407. The smallest absolute Gasteiger partial charge is 0.321 e. The van der Waals surface area contributed by atoms with Gasteiger partial charge in [-0.2, -0.15) is 17.4 Å². The zero-order valence-electron chi connectivity index (χ0n) is 10.7. The summed E-state index contributed by atoms with van der Waals surface area (Å²) in [7, 11) is -3.94. The van der Waals surface area contributed by atoms with Gasteiger partial charge in [-0.25, -0.2) is 13.4 Å². The molecule has 0 bridgehead atoms. The van der Waals surface area contributed by atoms with Crippen LogP contribution in [0.25, 0.3) is 0 Å². The van der Waals surface area contributed by atoms with E-state index < -0.39 is 22.0 Å². The lowest BCUT2D eigenvalue weighted by molar-refractivity contribution is -0.139. The molecule has 0 spiro atoms. The number of aliphatic carboxylic acids is 1. The van der Waals surface area contributed by atoms with Crippen molar-refractivity contribution < 1.29 is 18.3 Å². The topological polar surface area (TPSA) is 101 Å². The van der Waals surface area contributed by atoms with Crippen LogP contribution < -0.4 is 4.72 Å². The molecule has 1 heterocycles. The second-order valence-corrected chi connectivity index (χ2v) is 6.04. The van der Waals surface area contributed by atoms with Crippen molar-refractivity contribution >= 4 is 28.6 Å². The van der Waals surface area contributed by atoms with Crippen molar-refractivity contribution in [3.05, 3.63) is 12.0 Å². The highest BCUT2D eigenvalue weighted by Crippen LogP contribution is 2.10. The number of aromatic nitrogens is 2. The number of thiol groups is 1. The van der Waals surface area contributed by atoms with E-state index in [9.17, 15) is 13.2 Å². The monoisotopic (exact) mass is 307 g/mol. The lowest BCUT2D eigenvalue weighted by atomic mass is 10.2. The van der Waals surface area contributed by atoms with Crippen LogP contribution >= 0.6 is 12.6 Å². The van der Waals surface area contributed by atoms with Crippen LogP contribution in [0.1, 0.15) is 19.2 Å². The Morgan fingerprint density at radius 3 is 2.68 bits per heavy atom. The van der Waals surface area contributed by atoms with Crippen LogP contribution in [0.15, 0.2) is 11.2 Å². The summed E-state index contributed by atoms with van der Waals surface area (Å²) in [4.78, 5) is 14.9. The predicted octanol–water partition coefficient (Wildman–Crippen LogP) is 0.263. The minimum atomic E-state index is -3.94. The van der Waals surface area contributed by atoms with Gasteiger partial charge in [-0.05, 0) is 26.0 Å². The molecule has 0 radical (unpaired) electrons. The molecule has 19 heavy (non-hydrogen) atoms. The normalized spacial score (nSPS) is 13.4. The van der Waals surface area contributed by atoms with E-state index in [1.807, 2.05) is 6.92 Å². The number of hydrogen-bond donors (Lipinski definition) is 3. The van der Waals surface area contributed by atoms with Crippen LogP contribution in [0.3, 0.4) is 0 Å². The Labute approximate surface area is 117 Å².